The molecule has 118 valence electrons. The second-order valence-corrected chi connectivity index (χ2v) is 6.27. The van der Waals surface area contributed by atoms with Crippen molar-refractivity contribution in [2.24, 2.45) is 0 Å². The van der Waals surface area contributed by atoms with Crippen LogP contribution in [-0.4, -0.2) is 56.3 Å². The molecule has 0 fully saturated rings. The maximum atomic E-state index is 7.50. The van der Waals surface area contributed by atoms with Gasteiger partial charge in [0.25, 0.3) is 0 Å². The summed E-state index contributed by atoms with van der Waals surface area (Å²) in [4.78, 5) is 0. The predicted octanol–water partition coefficient (Wildman–Crippen LogP) is 0.440. The van der Waals surface area contributed by atoms with E-state index in [0.29, 0.717) is 0 Å². The van der Waals surface area contributed by atoms with Crippen LogP contribution in [0.3, 0.4) is 0 Å². The minimum Gasteiger partial charge on any atom is 0 e. The number of hydrogen-bond donors (Lipinski definition) is 0. The predicted molar refractivity (Wildman–Crippen MR) is 69.0 cm³/mol. The Morgan fingerprint density at radius 2 is 0.571 bits per heavy atom. The third kappa shape index (κ3) is 45.1. The Morgan fingerprint density at radius 1 is 0.476 bits per heavy atom. The summed E-state index contributed by atoms with van der Waals surface area (Å²) in [5, 5.41) is 0. The van der Waals surface area contributed by atoms with Crippen molar-refractivity contribution >= 4 is 8.37 Å². The van der Waals surface area contributed by atoms with Gasteiger partial charge < -0.3 is 0 Å². The fourth-order valence-electron chi connectivity index (χ4n) is 1.20. The zero-order valence-corrected chi connectivity index (χ0v) is 16.7. The number of rotatable bonds is 3. The fourth-order valence-corrected chi connectivity index (χ4v) is 3.60. The van der Waals surface area contributed by atoms with Crippen LogP contribution in [0.1, 0.15) is 0 Å². The van der Waals surface area contributed by atoms with Crippen LogP contribution in [0.2, 0.25) is 0 Å². The summed E-state index contributed by atoms with van der Waals surface area (Å²) in [6, 6.07) is 0. The SMILES string of the molecule is CN(C)[PH+](N(C)C)N(C)C.[C-]#[O+].[C-]#[O+].[C-]#[O+].[C-]#[O+].[C-]#[O+].[W]. The van der Waals surface area contributed by atoms with E-state index >= 15 is 0 Å². The molecule has 0 heterocycles. The minimum atomic E-state index is -0.596. The van der Waals surface area contributed by atoms with Crippen molar-refractivity contribution in [3.05, 3.63) is 33.3 Å². The van der Waals surface area contributed by atoms with Crippen molar-refractivity contribution in [3.63, 3.8) is 0 Å². The Kier molecular flexibility index (Phi) is 103. The molecule has 0 unspecified atom stereocenters. The molecular formula is C11H19N3O5PW+. The van der Waals surface area contributed by atoms with Crippen LogP contribution in [-0.2, 0) is 44.3 Å². The largest absolute Gasteiger partial charge is 0 e. The monoisotopic (exact) mass is 488 g/mol. The van der Waals surface area contributed by atoms with Crippen molar-refractivity contribution in [1.82, 2.24) is 14.0 Å². The van der Waals surface area contributed by atoms with Gasteiger partial charge in [0.2, 0.25) is 8.37 Å². The first-order chi connectivity index (χ1) is 9.46. The number of hydrogen-bond acceptors (Lipinski definition) is 3. The van der Waals surface area contributed by atoms with E-state index in [4.69, 9.17) is 23.3 Å². The Bertz CT molecular complexity index is 211. The summed E-state index contributed by atoms with van der Waals surface area (Å²) in [7, 11) is 12.1. The molecule has 0 radical (unpaired) electrons. The van der Waals surface area contributed by atoms with E-state index in [-0.39, 0.29) is 21.1 Å². The molecule has 0 aliphatic heterocycles. The molecule has 0 rings (SSSR count). The molecule has 0 aliphatic rings. The van der Waals surface area contributed by atoms with Gasteiger partial charge >= 0.3 is 56.5 Å². The Labute approximate surface area is 142 Å². The first kappa shape index (κ1) is 42.8. The van der Waals surface area contributed by atoms with Crippen molar-refractivity contribution in [3.8, 4) is 0 Å². The van der Waals surface area contributed by atoms with Crippen molar-refractivity contribution in [2.75, 3.05) is 42.3 Å². The van der Waals surface area contributed by atoms with E-state index < -0.39 is 8.37 Å². The molecule has 0 aliphatic carbocycles. The van der Waals surface area contributed by atoms with Crippen LogP contribution in [0.15, 0.2) is 0 Å². The van der Waals surface area contributed by atoms with Gasteiger partial charge in [0.15, 0.2) is 0 Å². The molecule has 10 heteroatoms. The van der Waals surface area contributed by atoms with Gasteiger partial charge in [-0.05, 0) is 0 Å². The van der Waals surface area contributed by atoms with E-state index in [1.54, 1.807) is 0 Å². The van der Waals surface area contributed by atoms with E-state index in [9.17, 15) is 0 Å². The summed E-state index contributed by atoms with van der Waals surface area (Å²) in [6.07, 6.45) is 0. The standard InChI is InChI=1S/C6H18N3P.5CO.W/c1-7(2)10(8(3)4)9(5)6;5*1-2;/h1-6H3;;;;;;/p+1. The molecule has 0 aromatic rings. The van der Waals surface area contributed by atoms with E-state index in [1.807, 2.05) is 0 Å². The van der Waals surface area contributed by atoms with Gasteiger partial charge in [-0.25, -0.2) is 0 Å². The zero-order valence-electron chi connectivity index (χ0n) is 12.8. The van der Waals surface area contributed by atoms with E-state index in [1.165, 1.54) is 0 Å². The number of nitrogens with zero attached hydrogens (tertiary/aromatic N) is 3. The van der Waals surface area contributed by atoms with Gasteiger partial charge in [0.1, 0.15) is 0 Å². The molecule has 0 saturated heterocycles. The average molecular weight is 488 g/mol. The molecule has 0 N–H and O–H groups in total. The Balaban J connectivity index is -0.0000000303. The molecule has 0 atom stereocenters. The van der Waals surface area contributed by atoms with Gasteiger partial charge in [-0.2, -0.15) is 14.0 Å². The molecule has 0 aromatic carbocycles. The minimum absolute atomic E-state index is 0. The third-order valence-electron chi connectivity index (χ3n) is 1.20. The summed E-state index contributed by atoms with van der Waals surface area (Å²) in [5.74, 6) is 0. The summed E-state index contributed by atoms with van der Waals surface area (Å²) in [6.45, 7) is 22.5. The normalized spacial score (nSPS) is 6.48. The van der Waals surface area contributed by atoms with E-state index in [2.05, 4.69) is 89.5 Å². The fraction of sp³-hybridized carbons (Fsp3) is 0.545. The molecular weight excluding hydrogens is 469 g/mol. The molecule has 0 aromatic heterocycles. The van der Waals surface area contributed by atoms with Crippen LogP contribution >= 0.6 is 8.37 Å². The molecule has 0 spiro atoms. The second kappa shape index (κ2) is 50.3. The van der Waals surface area contributed by atoms with Crippen LogP contribution in [0.5, 0.6) is 0 Å². The first-order valence-electron chi connectivity index (χ1n) is 4.37. The van der Waals surface area contributed by atoms with Crippen molar-refractivity contribution in [1.29, 1.82) is 0 Å². The summed E-state index contributed by atoms with van der Waals surface area (Å²) >= 11 is 0. The van der Waals surface area contributed by atoms with Crippen LogP contribution < -0.4 is 0 Å². The Morgan fingerprint density at radius 3 is 0.571 bits per heavy atom. The second-order valence-electron chi connectivity index (χ2n) is 2.98. The van der Waals surface area contributed by atoms with Gasteiger partial charge in [-0.15, -0.1) is 0 Å². The Hall–Kier alpha value is -0.302. The zero-order chi connectivity index (χ0) is 18.3. The van der Waals surface area contributed by atoms with Crippen LogP contribution in [0, 0.1) is 33.3 Å². The van der Waals surface area contributed by atoms with E-state index in [0.717, 1.165) is 0 Å². The van der Waals surface area contributed by atoms with Crippen LogP contribution in [0.4, 0.5) is 0 Å². The maximum absolute atomic E-state index is 7.50. The van der Waals surface area contributed by atoms with Crippen LogP contribution in [0.25, 0.3) is 0 Å². The molecule has 8 nitrogen and oxygen atoms in total. The molecule has 0 amide bonds. The van der Waals surface area contributed by atoms with Crippen molar-refractivity contribution in [2.45, 2.75) is 0 Å². The topological polar surface area (TPSA) is 109 Å². The summed E-state index contributed by atoms with van der Waals surface area (Å²) in [5.41, 5.74) is 0. The molecule has 0 saturated carbocycles. The third-order valence-corrected chi connectivity index (χ3v) is 3.60. The summed E-state index contributed by atoms with van der Waals surface area (Å²) < 4.78 is 44.3. The molecule has 21 heavy (non-hydrogen) atoms. The van der Waals surface area contributed by atoms with Gasteiger partial charge in [0.05, 0.1) is 0 Å². The molecule has 0 bridgehead atoms. The average Bonchev–Trinajstić information content (AvgIpc) is 2.48. The smallest absolute Gasteiger partial charge is 0 e. The van der Waals surface area contributed by atoms with Crippen molar-refractivity contribution < 1.29 is 44.3 Å². The van der Waals surface area contributed by atoms with Gasteiger partial charge in [-0.3, -0.25) is 0 Å². The quantitative estimate of drug-likeness (QED) is 0.327. The van der Waals surface area contributed by atoms with Gasteiger partial charge in [-0.1, -0.05) is 0 Å². The van der Waals surface area contributed by atoms with Gasteiger partial charge in [0, 0.05) is 63.4 Å². The first-order valence-corrected chi connectivity index (χ1v) is 5.72. The maximum Gasteiger partial charge on any atom is 0 e.